The summed E-state index contributed by atoms with van der Waals surface area (Å²) in [4.78, 5) is 0. The Kier molecular flexibility index (Phi) is 4.86. The molecule has 0 N–H and O–H groups in total. The van der Waals surface area contributed by atoms with Crippen molar-refractivity contribution in [2.45, 2.75) is 52.4 Å². The molecule has 1 aliphatic carbocycles. The van der Waals surface area contributed by atoms with Gasteiger partial charge in [-0.15, -0.1) is 0 Å². The first-order valence-corrected chi connectivity index (χ1v) is 10.2. The fourth-order valence-electron chi connectivity index (χ4n) is 4.70. The van der Waals surface area contributed by atoms with Gasteiger partial charge in [-0.3, -0.25) is 0 Å². The second kappa shape index (κ2) is 7.31. The SMILES string of the molecule is Cc1ccccc1-c1ccc(C)c(-c2cc(C3CCCC3)c(C)c[n+]2C)c1. The zero-order valence-corrected chi connectivity index (χ0v) is 17.0. The Morgan fingerprint density at radius 2 is 1.48 bits per heavy atom. The molecule has 0 radical (unpaired) electrons. The Bertz CT molecular complexity index is 977. The molecular formula is C26H30N+. The number of rotatable bonds is 3. The minimum absolute atomic E-state index is 0.741. The molecule has 1 aliphatic rings. The Morgan fingerprint density at radius 3 is 2.22 bits per heavy atom. The Labute approximate surface area is 163 Å². The highest BCUT2D eigenvalue weighted by atomic mass is 14.9. The summed E-state index contributed by atoms with van der Waals surface area (Å²) in [7, 11) is 2.18. The van der Waals surface area contributed by atoms with Gasteiger partial charge in [0, 0.05) is 17.2 Å². The van der Waals surface area contributed by atoms with Gasteiger partial charge in [0.05, 0.1) is 0 Å². The number of aryl methyl sites for hydroxylation is 4. The average Bonchev–Trinajstić information content (AvgIpc) is 3.18. The van der Waals surface area contributed by atoms with E-state index in [1.54, 1.807) is 5.56 Å². The van der Waals surface area contributed by atoms with Crippen molar-refractivity contribution in [2.75, 3.05) is 0 Å². The Hall–Kier alpha value is -2.41. The molecule has 27 heavy (non-hydrogen) atoms. The van der Waals surface area contributed by atoms with Crippen molar-refractivity contribution in [2.24, 2.45) is 7.05 Å². The lowest BCUT2D eigenvalue weighted by molar-refractivity contribution is -0.660. The lowest BCUT2D eigenvalue weighted by atomic mass is 9.91. The van der Waals surface area contributed by atoms with Crippen LogP contribution in [-0.4, -0.2) is 0 Å². The average molecular weight is 357 g/mol. The molecule has 0 saturated heterocycles. The van der Waals surface area contributed by atoms with Crippen LogP contribution in [0.1, 0.15) is 53.9 Å². The van der Waals surface area contributed by atoms with Crippen LogP contribution in [0.3, 0.4) is 0 Å². The highest BCUT2D eigenvalue weighted by molar-refractivity contribution is 5.74. The van der Waals surface area contributed by atoms with Crippen molar-refractivity contribution in [1.82, 2.24) is 0 Å². The standard InChI is InChI=1S/C26H30N/c1-18-9-5-8-12-23(18)22-14-13-19(2)25(15-22)26-16-24(20(3)17-27(26)4)21-10-6-7-11-21/h5,8-9,12-17,21H,6-7,10-11H2,1-4H3/q+1. The molecule has 0 amide bonds. The molecule has 0 aliphatic heterocycles. The third-order valence-corrected chi connectivity index (χ3v) is 6.28. The zero-order chi connectivity index (χ0) is 19.0. The van der Waals surface area contributed by atoms with Gasteiger partial charge in [-0.2, -0.15) is 0 Å². The normalized spacial score (nSPS) is 14.7. The van der Waals surface area contributed by atoms with Gasteiger partial charge >= 0.3 is 0 Å². The summed E-state index contributed by atoms with van der Waals surface area (Å²) >= 11 is 0. The fourth-order valence-corrected chi connectivity index (χ4v) is 4.70. The maximum absolute atomic E-state index is 2.47. The summed E-state index contributed by atoms with van der Waals surface area (Å²) in [6, 6.07) is 18.0. The summed E-state index contributed by atoms with van der Waals surface area (Å²) in [5.74, 6) is 0.741. The molecule has 2 aromatic carbocycles. The highest BCUT2D eigenvalue weighted by Crippen LogP contribution is 2.37. The summed E-state index contributed by atoms with van der Waals surface area (Å²) in [6.45, 7) is 6.69. The first-order chi connectivity index (χ1) is 13.0. The van der Waals surface area contributed by atoms with Crippen LogP contribution in [0.2, 0.25) is 0 Å². The molecule has 0 atom stereocenters. The molecule has 138 valence electrons. The summed E-state index contributed by atoms with van der Waals surface area (Å²) in [5.41, 5.74) is 11.0. The van der Waals surface area contributed by atoms with E-state index < -0.39 is 0 Å². The number of hydrogen-bond acceptors (Lipinski definition) is 0. The molecule has 1 aromatic heterocycles. The van der Waals surface area contributed by atoms with E-state index in [0.29, 0.717) is 0 Å². The van der Waals surface area contributed by atoms with Crippen LogP contribution in [0, 0.1) is 20.8 Å². The molecule has 1 saturated carbocycles. The minimum atomic E-state index is 0.741. The minimum Gasteiger partial charge on any atom is -0.201 e. The van der Waals surface area contributed by atoms with Crippen molar-refractivity contribution in [3.63, 3.8) is 0 Å². The van der Waals surface area contributed by atoms with E-state index in [2.05, 4.69) is 87.1 Å². The molecule has 1 heterocycles. The van der Waals surface area contributed by atoms with Gasteiger partial charge in [0.2, 0.25) is 5.69 Å². The molecule has 0 spiro atoms. The molecule has 1 nitrogen and oxygen atoms in total. The lowest BCUT2D eigenvalue weighted by Crippen LogP contribution is -2.32. The molecule has 1 fully saturated rings. The van der Waals surface area contributed by atoms with E-state index in [-0.39, 0.29) is 0 Å². The third-order valence-electron chi connectivity index (χ3n) is 6.28. The monoisotopic (exact) mass is 356 g/mol. The van der Waals surface area contributed by atoms with Crippen LogP contribution in [0.25, 0.3) is 22.4 Å². The van der Waals surface area contributed by atoms with Gasteiger partial charge in [0.1, 0.15) is 7.05 Å². The second-order valence-electron chi connectivity index (χ2n) is 8.23. The van der Waals surface area contributed by atoms with Gasteiger partial charge in [-0.25, -0.2) is 4.57 Å². The maximum Gasteiger partial charge on any atom is 0.212 e. The molecule has 0 unspecified atom stereocenters. The number of nitrogens with zero attached hydrogens (tertiary/aromatic N) is 1. The Morgan fingerprint density at radius 1 is 0.778 bits per heavy atom. The van der Waals surface area contributed by atoms with E-state index in [0.717, 1.165) is 5.92 Å². The zero-order valence-electron chi connectivity index (χ0n) is 17.0. The maximum atomic E-state index is 2.47. The van der Waals surface area contributed by atoms with Crippen LogP contribution in [0.5, 0.6) is 0 Å². The molecule has 4 rings (SSSR count). The van der Waals surface area contributed by atoms with Gasteiger partial charge in [0.15, 0.2) is 6.20 Å². The van der Waals surface area contributed by atoms with Crippen LogP contribution in [0.4, 0.5) is 0 Å². The topological polar surface area (TPSA) is 3.88 Å². The number of aromatic nitrogens is 1. The van der Waals surface area contributed by atoms with Crippen molar-refractivity contribution in [3.8, 4) is 22.4 Å². The van der Waals surface area contributed by atoms with E-state index >= 15 is 0 Å². The van der Waals surface area contributed by atoms with E-state index in [1.807, 2.05) is 0 Å². The van der Waals surface area contributed by atoms with E-state index in [9.17, 15) is 0 Å². The molecular weight excluding hydrogens is 326 g/mol. The molecule has 0 bridgehead atoms. The van der Waals surface area contributed by atoms with E-state index in [1.165, 1.54) is 64.8 Å². The van der Waals surface area contributed by atoms with E-state index in [4.69, 9.17) is 0 Å². The highest BCUT2D eigenvalue weighted by Gasteiger charge is 2.23. The first kappa shape index (κ1) is 18.0. The van der Waals surface area contributed by atoms with Crippen LogP contribution in [0.15, 0.2) is 54.7 Å². The van der Waals surface area contributed by atoms with Crippen LogP contribution in [-0.2, 0) is 7.05 Å². The second-order valence-corrected chi connectivity index (χ2v) is 8.23. The summed E-state index contributed by atoms with van der Waals surface area (Å²) in [6.07, 6.45) is 7.76. The van der Waals surface area contributed by atoms with Gasteiger partial charge < -0.3 is 0 Å². The Balaban J connectivity index is 1.85. The first-order valence-electron chi connectivity index (χ1n) is 10.2. The summed E-state index contributed by atoms with van der Waals surface area (Å²) < 4.78 is 2.30. The lowest BCUT2D eigenvalue weighted by Gasteiger charge is -2.15. The fraction of sp³-hybridized carbons (Fsp3) is 0.346. The van der Waals surface area contributed by atoms with Crippen molar-refractivity contribution < 1.29 is 4.57 Å². The number of hydrogen-bond donors (Lipinski definition) is 0. The third kappa shape index (κ3) is 3.43. The largest absolute Gasteiger partial charge is 0.212 e. The van der Waals surface area contributed by atoms with Crippen LogP contribution < -0.4 is 4.57 Å². The smallest absolute Gasteiger partial charge is 0.201 e. The number of benzene rings is 2. The van der Waals surface area contributed by atoms with Gasteiger partial charge in [-0.05, 0) is 73.4 Å². The van der Waals surface area contributed by atoms with Gasteiger partial charge in [0.25, 0.3) is 0 Å². The molecule has 3 aromatic rings. The molecule has 1 heteroatoms. The predicted molar refractivity (Wildman–Crippen MR) is 114 cm³/mol. The predicted octanol–water partition coefficient (Wildman–Crippen LogP) is 6.43. The van der Waals surface area contributed by atoms with Crippen LogP contribution >= 0.6 is 0 Å². The van der Waals surface area contributed by atoms with Crippen molar-refractivity contribution in [3.05, 3.63) is 77.0 Å². The van der Waals surface area contributed by atoms with Crippen molar-refractivity contribution >= 4 is 0 Å². The summed E-state index contributed by atoms with van der Waals surface area (Å²) in [5, 5.41) is 0. The van der Waals surface area contributed by atoms with Gasteiger partial charge in [-0.1, -0.05) is 49.2 Å². The van der Waals surface area contributed by atoms with Crippen molar-refractivity contribution in [1.29, 1.82) is 0 Å². The quantitative estimate of drug-likeness (QED) is 0.476. The number of pyridine rings is 1.